The van der Waals surface area contributed by atoms with Gasteiger partial charge in [0.1, 0.15) is 0 Å². The molecule has 24 heavy (non-hydrogen) atoms. The van der Waals surface area contributed by atoms with Crippen LogP contribution in [0.3, 0.4) is 0 Å². The molecular formula is C18H10ClF3N2. The number of pyridine rings is 1. The van der Waals surface area contributed by atoms with Crippen LogP contribution in [0.5, 0.6) is 0 Å². The monoisotopic (exact) mass is 346 g/mol. The van der Waals surface area contributed by atoms with Crippen LogP contribution in [-0.4, -0.2) is 9.97 Å². The maximum Gasteiger partial charge on any atom is 0.416 e. The molecule has 120 valence electrons. The highest BCUT2D eigenvalue weighted by atomic mass is 35.5. The lowest BCUT2D eigenvalue weighted by Gasteiger charge is -2.09. The minimum Gasteiger partial charge on any atom is -0.353 e. The van der Waals surface area contributed by atoms with Gasteiger partial charge in [0.05, 0.1) is 16.8 Å². The van der Waals surface area contributed by atoms with Crippen LogP contribution in [-0.2, 0) is 6.18 Å². The zero-order valence-corrected chi connectivity index (χ0v) is 12.9. The molecule has 0 atom stereocenters. The lowest BCUT2D eigenvalue weighted by Crippen LogP contribution is -2.04. The SMILES string of the molecule is FC(F)(F)c1cccc(-c2nccc3c2[nH]c2ccc(Cl)cc23)c1. The molecule has 4 aromatic rings. The maximum absolute atomic E-state index is 13.0. The average Bonchev–Trinajstić information content (AvgIpc) is 2.92. The summed E-state index contributed by atoms with van der Waals surface area (Å²) in [6, 6.07) is 12.4. The van der Waals surface area contributed by atoms with Gasteiger partial charge in [0, 0.05) is 33.1 Å². The summed E-state index contributed by atoms with van der Waals surface area (Å²) in [4.78, 5) is 7.51. The minimum atomic E-state index is -4.39. The number of aromatic nitrogens is 2. The molecular weight excluding hydrogens is 337 g/mol. The first-order chi connectivity index (χ1) is 11.4. The number of nitrogens with one attached hydrogen (secondary N) is 1. The Morgan fingerprint density at radius 1 is 0.958 bits per heavy atom. The van der Waals surface area contributed by atoms with E-state index in [2.05, 4.69) is 9.97 Å². The zero-order valence-electron chi connectivity index (χ0n) is 12.2. The van der Waals surface area contributed by atoms with Gasteiger partial charge in [0.15, 0.2) is 0 Å². The second-order valence-electron chi connectivity index (χ2n) is 5.48. The van der Waals surface area contributed by atoms with Gasteiger partial charge in [0.2, 0.25) is 0 Å². The summed E-state index contributed by atoms with van der Waals surface area (Å²) in [5, 5.41) is 2.38. The summed E-state index contributed by atoms with van der Waals surface area (Å²) >= 11 is 6.05. The van der Waals surface area contributed by atoms with Gasteiger partial charge >= 0.3 is 6.18 Å². The first-order valence-corrected chi connectivity index (χ1v) is 7.55. The molecule has 0 aliphatic heterocycles. The topological polar surface area (TPSA) is 28.7 Å². The molecule has 0 radical (unpaired) electrons. The summed E-state index contributed by atoms with van der Waals surface area (Å²) in [5.74, 6) is 0. The van der Waals surface area contributed by atoms with Crippen molar-refractivity contribution in [2.75, 3.05) is 0 Å². The third-order valence-electron chi connectivity index (χ3n) is 3.95. The van der Waals surface area contributed by atoms with E-state index in [1.165, 1.54) is 6.07 Å². The molecule has 0 saturated carbocycles. The van der Waals surface area contributed by atoms with E-state index in [1.54, 1.807) is 18.3 Å². The Balaban J connectivity index is 1.99. The van der Waals surface area contributed by atoms with Gasteiger partial charge in [-0.15, -0.1) is 0 Å². The number of fused-ring (bicyclic) bond motifs is 3. The fourth-order valence-electron chi connectivity index (χ4n) is 2.86. The number of halogens is 4. The Morgan fingerprint density at radius 3 is 2.58 bits per heavy atom. The van der Waals surface area contributed by atoms with Gasteiger partial charge in [-0.3, -0.25) is 4.98 Å². The van der Waals surface area contributed by atoms with Crippen LogP contribution in [0.1, 0.15) is 5.56 Å². The third kappa shape index (κ3) is 2.41. The largest absolute Gasteiger partial charge is 0.416 e. The number of benzene rings is 2. The lowest BCUT2D eigenvalue weighted by molar-refractivity contribution is -0.137. The van der Waals surface area contributed by atoms with E-state index in [9.17, 15) is 13.2 Å². The third-order valence-corrected chi connectivity index (χ3v) is 4.18. The number of aromatic amines is 1. The molecule has 4 rings (SSSR count). The fraction of sp³-hybridized carbons (Fsp3) is 0.0556. The normalized spacial score (nSPS) is 12.2. The number of hydrogen-bond acceptors (Lipinski definition) is 1. The van der Waals surface area contributed by atoms with Crippen molar-refractivity contribution in [3.05, 3.63) is 65.3 Å². The maximum atomic E-state index is 13.0. The van der Waals surface area contributed by atoms with E-state index < -0.39 is 11.7 Å². The fourth-order valence-corrected chi connectivity index (χ4v) is 3.03. The van der Waals surface area contributed by atoms with Crippen LogP contribution in [0.2, 0.25) is 5.02 Å². The molecule has 2 nitrogen and oxygen atoms in total. The highest BCUT2D eigenvalue weighted by Crippen LogP contribution is 2.35. The molecule has 0 unspecified atom stereocenters. The van der Waals surface area contributed by atoms with E-state index in [0.717, 1.165) is 28.4 Å². The van der Waals surface area contributed by atoms with Crippen molar-refractivity contribution in [3.63, 3.8) is 0 Å². The predicted molar refractivity (Wildman–Crippen MR) is 89.0 cm³/mol. The summed E-state index contributed by atoms with van der Waals surface area (Å²) in [6.07, 6.45) is -2.80. The van der Waals surface area contributed by atoms with E-state index >= 15 is 0 Å². The molecule has 0 spiro atoms. The van der Waals surface area contributed by atoms with Crippen molar-refractivity contribution < 1.29 is 13.2 Å². The second-order valence-corrected chi connectivity index (χ2v) is 5.91. The number of nitrogens with zero attached hydrogens (tertiary/aromatic N) is 1. The standard InChI is InChI=1S/C18H10ClF3N2/c19-12-4-5-15-14(9-12)13-6-7-23-16(17(13)24-15)10-2-1-3-11(8-10)18(20,21)22/h1-9,24H. The van der Waals surface area contributed by atoms with Crippen LogP contribution in [0.25, 0.3) is 33.1 Å². The molecule has 0 fully saturated rings. The lowest BCUT2D eigenvalue weighted by atomic mass is 10.0. The minimum absolute atomic E-state index is 0.410. The van der Waals surface area contributed by atoms with Crippen molar-refractivity contribution in [2.24, 2.45) is 0 Å². The van der Waals surface area contributed by atoms with Crippen molar-refractivity contribution in [3.8, 4) is 11.3 Å². The number of hydrogen-bond donors (Lipinski definition) is 1. The molecule has 2 aromatic carbocycles. The summed E-state index contributed by atoms with van der Waals surface area (Å²) < 4.78 is 38.9. The zero-order chi connectivity index (χ0) is 16.9. The van der Waals surface area contributed by atoms with Crippen molar-refractivity contribution in [1.82, 2.24) is 9.97 Å². The highest BCUT2D eigenvalue weighted by Gasteiger charge is 2.30. The Hall–Kier alpha value is -2.53. The smallest absolute Gasteiger partial charge is 0.353 e. The Bertz CT molecular complexity index is 1070. The van der Waals surface area contributed by atoms with Gasteiger partial charge in [-0.05, 0) is 36.4 Å². The number of alkyl halides is 3. The first kappa shape index (κ1) is 15.0. The molecule has 0 bridgehead atoms. The Morgan fingerprint density at radius 2 is 1.79 bits per heavy atom. The van der Waals surface area contributed by atoms with E-state index in [0.29, 0.717) is 21.8 Å². The highest BCUT2D eigenvalue weighted by molar-refractivity contribution is 6.32. The molecule has 0 aliphatic rings. The predicted octanol–water partition coefficient (Wildman–Crippen LogP) is 6.06. The van der Waals surface area contributed by atoms with Crippen LogP contribution in [0, 0.1) is 0 Å². The van der Waals surface area contributed by atoms with Crippen LogP contribution >= 0.6 is 11.6 Å². The van der Waals surface area contributed by atoms with Gasteiger partial charge < -0.3 is 4.98 Å². The summed E-state index contributed by atoms with van der Waals surface area (Å²) in [7, 11) is 0. The molecule has 6 heteroatoms. The summed E-state index contributed by atoms with van der Waals surface area (Å²) in [5.41, 5.74) is 1.74. The van der Waals surface area contributed by atoms with Crippen LogP contribution < -0.4 is 0 Å². The van der Waals surface area contributed by atoms with Gasteiger partial charge in [-0.25, -0.2) is 0 Å². The first-order valence-electron chi connectivity index (χ1n) is 7.17. The van der Waals surface area contributed by atoms with E-state index in [4.69, 9.17) is 11.6 Å². The molecule has 0 amide bonds. The molecule has 2 aromatic heterocycles. The molecule has 0 saturated heterocycles. The van der Waals surface area contributed by atoms with E-state index in [1.807, 2.05) is 18.2 Å². The van der Waals surface area contributed by atoms with Gasteiger partial charge in [-0.1, -0.05) is 23.7 Å². The van der Waals surface area contributed by atoms with Gasteiger partial charge in [0.25, 0.3) is 0 Å². The summed E-state index contributed by atoms with van der Waals surface area (Å²) in [6.45, 7) is 0. The van der Waals surface area contributed by atoms with Crippen LogP contribution in [0.15, 0.2) is 54.7 Å². The molecule has 2 heterocycles. The van der Waals surface area contributed by atoms with E-state index in [-0.39, 0.29) is 0 Å². The number of H-pyrrole nitrogens is 1. The quantitative estimate of drug-likeness (QED) is 0.446. The molecule has 0 aliphatic carbocycles. The van der Waals surface area contributed by atoms with Crippen LogP contribution in [0.4, 0.5) is 13.2 Å². The Kier molecular flexibility index (Phi) is 3.28. The van der Waals surface area contributed by atoms with Crippen molar-refractivity contribution in [2.45, 2.75) is 6.18 Å². The van der Waals surface area contributed by atoms with Crippen molar-refractivity contribution >= 4 is 33.4 Å². The molecule has 1 N–H and O–H groups in total. The second kappa shape index (κ2) is 5.24. The Labute approximate surface area is 139 Å². The number of rotatable bonds is 1. The van der Waals surface area contributed by atoms with Gasteiger partial charge in [-0.2, -0.15) is 13.2 Å². The van der Waals surface area contributed by atoms with Crippen molar-refractivity contribution in [1.29, 1.82) is 0 Å². The average molecular weight is 347 g/mol.